The summed E-state index contributed by atoms with van der Waals surface area (Å²) in [6, 6.07) is 4.12. The Morgan fingerprint density at radius 2 is 2.19 bits per heavy atom. The minimum Gasteiger partial charge on any atom is -0.383 e. The van der Waals surface area contributed by atoms with E-state index < -0.39 is 0 Å². The first kappa shape index (κ1) is 10.7. The maximum Gasteiger partial charge on any atom is 0.126 e. The number of hydrogen-bond acceptors (Lipinski definition) is 3. The summed E-state index contributed by atoms with van der Waals surface area (Å²) in [5.41, 5.74) is 9.30. The lowest BCUT2D eigenvalue weighted by atomic mass is 10.1. The number of hydrogen-bond donors (Lipinski definition) is 1. The number of rotatable bonds is 3. The van der Waals surface area contributed by atoms with Crippen LogP contribution in [0.25, 0.3) is 0 Å². The molecular weight excluding hydrogens is 200 g/mol. The van der Waals surface area contributed by atoms with Gasteiger partial charge in [0.05, 0.1) is 0 Å². The molecule has 0 aromatic carbocycles. The molecule has 0 atom stereocenters. The summed E-state index contributed by atoms with van der Waals surface area (Å²) in [5.74, 6) is 0.632. The van der Waals surface area contributed by atoms with Crippen LogP contribution < -0.4 is 5.73 Å². The SMILES string of the molecule is Cc1cnc(N)c(CCc2ccnn2C)c1. The molecule has 0 spiro atoms. The monoisotopic (exact) mass is 216 g/mol. The van der Waals surface area contributed by atoms with Crippen molar-refractivity contribution in [3.63, 3.8) is 0 Å². The Bertz CT molecular complexity index is 488. The van der Waals surface area contributed by atoms with Crippen molar-refractivity contribution in [2.45, 2.75) is 19.8 Å². The molecule has 2 aromatic heterocycles. The summed E-state index contributed by atoms with van der Waals surface area (Å²) in [6.45, 7) is 2.03. The van der Waals surface area contributed by atoms with Crippen LogP contribution in [0, 0.1) is 6.92 Å². The quantitative estimate of drug-likeness (QED) is 0.845. The van der Waals surface area contributed by atoms with Crippen LogP contribution in [0.2, 0.25) is 0 Å². The third-order valence-electron chi connectivity index (χ3n) is 2.71. The van der Waals surface area contributed by atoms with E-state index in [0.717, 1.165) is 24.0 Å². The molecule has 2 heterocycles. The third-order valence-corrected chi connectivity index (χ3v) is 2.71. The molecule has 0 radical (unpaired) electrons. The van der Waals surface area contributed by atoms with Gasteiger partial charge < -0.3 is 5.73 Å². The van der Waals surface area contributed by atoms with Crippen molar-refractivity contribution in [2.24, 2.45) is 7.05 Å². The minimum absolute atomic E-state index is 0.632. The molecule has 0 bridgehead atoms. The van der Waals surface area contributed by atoms with Crippen LogP contribution in [0.4, 0.5) is 5.82 Å². The number of aromatic nitrogens is 3. The Morgan fingerprint density at radius 3 is 2.88 bits per heavy atom. The second-order valence-corrected chi connectivity index (χ2v) is 4.00. The number of nitrogens with zero attached hydrogens (tertiary/aromatic N) is 3. The third kappa shape index (κ3) is 2.21. The number of anilines is 1. The van der Waals surface area contributed by atoms with Crippen LogP contribution in [0.15, 0.2) is 24.5 Å². The van der Waals surface area contributed by atoms with Crippen molar-refractivity contribution in [3.05, 3.63) is 41.3 Å². The van der Waals surface area contributed by atoms with Gasteiger partial charge in [0.25, 0.3) is 0 Å². The van der Waals surface area contributed by atoms with Crippen molar-refractivity contribution in [1.29, 1.82) is 0 Å². The molecule has 2 aromatic rings. The number of nitrogens with two attached hydrogens (primary N) is 1. The van der Waals surface area contributed by atoms with Gasteiger partial charge in [-0.15, -0.1) is 0 Å². The maximum absolute atomic E-state index is 5.83. The van der Waals surface area contributed by atoms with Crippen LogP contribution in [0.1, 0.15) is 16.8 Å². The first-order valence-electron chi connectivity index (χ1n) is 5.34. The van der Waals surface area contributed by atoms with Gasteiger partial charge in [-0.25, -0.2) is 4.98 Å². The second-order valence-electron chi connectivity index (χ2n) is 4.00. The van der Waals surface area contributed by atoms with E-state index >= 15 is 0 Å². The van der Waals surface area contributed by atoms with E-state index in [1.807, 2.05) is 30.9 Å². The number of nitrogen functional groups attached to an aromatic ring is 1. The van der Waals surface area contributed by atoms with E-state index in [4.69, 9.17) is 5.73 Å². The van der Waals surface area contributed by atoms with Crippen molar-refractivity contribution in [2.75, 3.05) is 5.73 Å². The Hall–Kier alpha value is -1.84. The molecule has 0 aliphatic carbocycles. The fraction of sp³-hybridized carbons (Fsp3) is 0.333. The molecule has 0 aliphatic rings. The summed E-state index contributed by atoms with van der Waals surface area (Å²) >= 11 is 0. The van der Waals surface area contributed by atoms with E-state index in [1.165, 1.54) is 5.69 Å². The van der Waals surface area contributed by atoms with E-state index in [2.05, 4.69) is 16.1 Å². The predicted octanol–water partition coefficient (Wildman–Crippen LogP) is 1.49. The number of pyridine rings is 1. The Balaban J connectivity index is 2.10. The molecule has 0 unspecified atom stereocenters. The van der Waals surface area contributed by atoms with Gasteiger partial charge in [-0.1, -0.05) is 6.07 Å². The van der Waals surface area contributed by atoms with Gasteiger partial charge in [0.15, 0.2) is 0 Å². The lowest BCUT2D eigenvalue weighted by molar-refractivity contribution is 0.703. The van der Waals surface area contributed by atoms with Crippen molar-refractivity contribution < 1.29 is 0 Å². The van der Waals surface area contributed by atoms with Crippen LogP contribution in [-0.4, -0.2) is 14.8 Å². The topological polar surface area (TPSA) is 56.7 Å². The minimum atomic E-state index is 0.632. The van der Waals surface area contributed by atoms with Gasteiger partial charge >= 0.3 is 0 Å². The smallest absolute Gasteiger partial charge is 0.126 e. The normalized spacial score (nSPS) is 10.6. The molecule has 4 nitrogen and oxygen atoms in total. The molecular formula is C12H16N4. The molecule has 2 rings (SSSR count). The average Bonchev–Trinajstić information content (AvgIpc) is 2.66. The van der Waals surface area contributed by atoms with E-state index in [1.54, 1.807) is 6.20 Å². The summed E-state index contributed by atoms with van der Waals surface area (Å²) in [4.78, 5) is 4.16. The van der Waals surface area contributed by atoms with Crippen molar-refractivity contribution in [1.82, 2.24) is 14.8 Å². The van der Waals surface area contributed by atoms with Gasteiger partial charge in [0, 0.05) is 25.1 Å². The predicted molar refractivity (Wildman–Crippen MR) is 64.0 cm³/mol. The van der Waals surface area contributed by atoms with Gasteiger partial charge in [-0.2, -0.15) is 5.10 Å². The van der Waals surface area contributed by atoms with E-state index in [0.29, 0.717) is 5.82 Å². The standard InChI is InChI=1S/C12H16N4/c1-9-7-10(12(13)14-8-9)3-4-11-5-6-15-16(11)2/h5-8H,3-4H2,1-2H3,(H2,13,14). The molecule has 0 amide bonds. The molecule has 84 valence electrons. The van der Waals surface area contributed by atoms with E-state index in [-0.39, 0.29) is 0 Å². The van der Waals surface area contributed by atoms with Gasteiger partial charge in [0.1, 0.15) is 5.82 Å². The Kier molecular flexibility index (Phi) is 2.90. The zero-order valence-electron chi connectivity index (χ0n) is 9.64. The Morgan fingerprint density at radius 1 is 1.38 bits per heavy atom. The van der Waals surface area contributed by atoms with Crippen molar-refractivity contribution >= 4 is 5.82 Å². The molecule has 2 N–H and O–H groups in total. The highest BCUT2D eigenvalue weighted by atomic mass is 15.2. The first-order chi connectivity index (χ1) is 7.66. The highest BCUT2D eigenvalue weighted by molar-refractivity contribution is 5.41. The molecule has 0 saturated heterocycles. The summed E-state index contributed by atoms with van der Waals surface area (Å²) in [7, 11) is 1.95. The highest BCUT2D eigenvalue weighted by Gasteiger charge is 2.03. The van der Waals surface area contributed by atoms with Gasteiger partial charge in [-0.05, 0) is 37.0 Å². The molecule has 0 saturated carbocycles. The number of aryl methyl sites for hydroxylation is 4. The maximum atomic E-state index is 5.83. The largest absolute Gasteiger partial charge is 0.383 e. The highest BCUT2D eigenvalue weighted by Crippen LogP contribution is 2.13. The van der Waals surface area contributed by atoms with Crippen LogP contribution in [0.3, 0.4) is 0 Å². The van der Waals surface area contributed by atoms with Gasteiger partial charge in [-0.3, -0.25) is 4.68 Å². The lowest BCUT2D eigenvalue weighted by Crippen LogP contribution is -2.03. The summed E-state index contributed by atoms with van der Waals surface area (Å²) < 4.78 is 1.89. The Labute approximate surface area is 95.1 Å². The lowest BCUT2D eigenvalue weighted by Gasteiger charge is -2.06. The van der Waals surface area contributed by atoms with Gasteiger partial charge in [0.2, 0.25) is 0 Å². The average molecular weight is 216 g/mol. The second kappa shape index (κ2) is 4.35. The molecule has 4 heteroatoms. The zero-order chi connectivity index (χ0) is 11.5. The molecule has 0 fully saturated rings. The van der Waals surface area contributed by atoms with Crippen LogP contribution >= 0.6 is 0 Å². The molecule has 16 heavy (non-hydrogen) atoms. The molecule has 0 aliphatic heterocycles. The summed E-state index contributed by atoms with van der Waals surface area (Å²) in [6.07, 6.45) is 5.45. The summed E-state index contributed by atoms with van der Waals surface area (Å²) in [5, 5.41) is 4.14. The fourth-order valence-electron chi connectivity index (χ4n) is 1.75. The van der Waals surface area contributed by atoms with E-state index in [9.17, 15) is 0 Å². The fourth-order valence-corrected chi connectivity index (χ4v) is 1.75. The van der Waals surface area contributed by atoms with Crippen LogP contribution in [0.5, 0.6) is 0 Å². The van der Waals surface area contributed by atoms with Crippen molar-refractivity contribution in [3.8, 4) is 0 Å². The zero-order valence-corrected chi connectivity index (χ0v) is 9.64. The first-order valence-corrected chi connectivity index (χ1v) is 5.34. The van der Waals surface area contributed by atoms with Crippen LogP contribution in [-0.2, 0) is 19.9 Å².